The molecular formula is C20H17N5O3S. The van der Waals surface area contributed by atoms with Gasteiger partial charge in [-0.25, -0.2) is 5.43 Å². The molecule has 29 heavy (non-hydrogen) atoms. The Morgan fingerprint density at radius 2 is 1.83 bits per heavy atom. The minimum atomic E-state index is -0.913. The first-order valence-corrected chi connectivity index (χ1v) is 9.34. The van der Waals surface area contributed by atoms with Crippen molar-refractivity contribution in [3.63, 3.8) is 0 Å². The van der Waals surface area contributed by atoms with Crippen LogP contribution in [-0.2, 0) is 9.59 Å². The van der Waals surface area contributed by atoms with Gasteiger partial charge in [-0.3, -0.25) is 14.9 Å². The summed E-state index contributed by atoms with van der Waals surface area (Å²) >= 11 is 1.17. The van der Waals surface area contributed by atoms with E-state index in [0.29, 0.717) is 17.4 Å². The molecule has 2 aromatic carbocycles. The zero-order valence-electron chi connectivity index (χ0n) is 15.2. The molecule has 0 aliphatic carbocycles. The number of hydrazone groups is 1. The van der Waals surface area contributed by atoms with E-state index < -0.39 is 11.8 Å². The van der Waals surface area contributed by atoms with Crippen LogP contribution in [0.15, 0.2) is 72.4 Å². The van der Waals surface area contributed by atoms with Gasteiger partial charge in [0.05, 0.1) is 6.21 Å². The lowest BCUT2D eigenvalue weighted by molar-refractivity contribution is -0.136. The molecule has 3 rings (SSSR count). The van der Waals surface area contributed by atoms with Crippen molar-refractivity contribution in [2.45, 2.75) is 0 Å². The first-order valence-electron chi connectivity index (χ1n) is 8.53. The van der Waals surface area contributed by atoms with Gasteiger partial charge in [-0.2, -0.15) is 5.10 Å². The first-order chi connectivity index (χ1) is 14.2. The normalized spacial score (nSPS) is 10.5. The maximum absolute atomic E-state index is 12.0. The van der Waals surface area contributed by atoms with Crippen molar-refractivity contribution in [1.82, 2.24) is 15.6 Å². The Labute approximate surface area is 170 Å². The Morgan fingerprint density at radius 3 is 2.55 bits per heavy atom. The van der Waals surface area contributed by atoms with E-state index in [1.807, 2.05) is 30.3 Å². The third-order valence-electron chi connectivity index (χ3n) is 3.50. The number of benzene rings is 2. The van der Waals surface area contributed by atoms with Gasteiger partial charge in [0, 0.05) is 5.56 Å². The number of amides is 2. The van der Waals surface area contributed by atoms with Crippen molar-refractivity contribution in [3.05, 3.63) is 72.8 Å². The summed E-state index contributed by atoms with van der Waals surface area (Å²) in [5.74, 6) is -1.10. The minimum Gasteiger partial charge on any atom is -0.490 e. The van der Waals surface area contributed by atoms with E-state index in [1.165, 1.54) is 17.6 Å². The molecule has 0 spiro atoms. The van der Waals surface area contributed by atoms with Crippen molar-refractivity contribution >= 4 is 34.5 Å². The summed E-state index contributed by atoms with van der Waals surface area (Å²) in [6, 6.07) is 16.5. The smallest absolute Gasteiger partial charge is 0.329 e. The lowest BCUT2D eigenvalue weighted by Gasteiger charge is -2.02. The van der Waals surface area contributed by atoms with Crippen LogP contribution in [0.5, 0.6) is 5.75 Å². The van der Waals surface area contributed by atoms with Gasteiger partial charge in [-0.05, 0) is 29.8 Å². The second kappa shape index (κ2) is 9.90. The Balaban J connectivity index is 1.50. The molecule has 1 heterocycles. The molecule has 8 nitrogen and oxygen atoms in total. The Hall–Kier alpha value is -3.85. The lowest BCUT2D eigenvalue weighted by Crippen LogP contribution is -2.32. The van der Waals surface area contributed by atoms with Crippen LogP contribution < -0.4 is 15.5 Å². The minimum absolute atomic E-state index is 0.225. The summed E-state index contributed by atoms with van der Waals surface area (Å²) in [6.07, 6.45) is 3.07. The maximum Gasteiger partial charge on any atom is 0.329 e. The molecule has 2 N–H and O–H groups in total. The highest BCUT2D eigenvalue weighted by Gasteiger charge is 2.16. The summed E-state index contributed by atoms with van der Waals surface area (Å²) in [4.78, 5) is 23.8. The van der Waals surface area contributed by atoms with E-state index in [1.54, 1.807) is 30.3 Å². The molecule has 1 aromatic heterocycles. The molecule has 0 fully saturated rings. The zero-order chi connectivity index (χ0) is 20.5. The van der Waals surface area contributed by atoms with E-state index in [-0.39, 0.29) is 5.13 Å². The average molecular weight is 407 g/mol. The molecular weight excluding hydrogens is 390 g/mol. The standard InChI is InChI=1S/C20H17N5O3S/c1-2-12-28-16-10-8-14(9-11-16)13-21-23-18(27)17(26)22-20-25-24-19(29-20)15-6-4-3-5-7-15/h2-11,13H,1,12H2,(H,23,27)(H,22,25,26)/b21-13+. The van der Waals surface area contributed by atoms with Crippen molar-refractivity contribution < 1.29 is 14.3 Å². The highest BCUT2D eigenvalue weighted by Crippen LogP contribution is 2.25. The fourth-order valence-corrected chi connectivity index (χ4v) is 2.89. The predicted molar refractivity (Wildman–Crippen MR) is 112 cm³/mol. The Kier molecular flexibility index (Phi) is 6.80. The van der Waals surface area contributed by atoms with Crippen LogP contribution in [-0.4, -0.2) is 34.8 Å². The molecule has 0 bridgehead atoms. The number of aromatic nitrogens is 2. The molecule has 0 radical (unpaired) electrons. The van der Waals surface area contributed by atoms with Crippen molar-refractivity contribution in [2.24, 2.45) is 5.10 Å². The molecule has 0 saturated heterocycles. The first kappa shape index (κ1) is 19.9. The van der Waals surface area contributed by atoms with Crippen molar-refractivity contribution in [2.75, 3.05) is 11.9 Å². The van der Waals surface area contributed by atoms with E-state index >= 15 is 0 Å². The maximum atomic E-state index is 12.0. The second-order valence-electron chi connectivity index (χ2n) is 5.60. The van der Waals surface area contributed by atoms with Crippen LogP contribution in [0.25, 0.3) is 10.6 Å². The largest absolute Gasteiger partial charge is 0.490 e. The summed E-state index contributed by atoms with van der Waals surface area (Å²) in [5, 5.41) is 14.9. The van der Waals surface area contributed by atoms with Crippen LogP contribution in [0.2, 0.25) is 0 Å². The molecule has 0 unspecified atom stereocenters. The molecule has 146 valence electrons. The molecule has 0 saturated carbocycles. The number of nitrogens with one attached hydrogen (secondary N) is 2. The fourth-order valence-electron chi connectivity index (χ4n) is 2.15. The van der Waals surface area contributed by atoms with E-state index in [2.05, 4.69) is 32.6 Å². The van der Waals surface area contributed by atoms with Gasteiger partial charge >= 0.3 is 11.8 Å². The van der Waals surface area contributed by atoms with Gasteiger partial charge in [-0.1, -0.05) is 54.3 Å². The lowest BCUT2D eigenvalue weighted by atomic mass is 10.2. The number of carbonyl (C=O) groups is 2. The van der Waals surface area contributed by atoms with Crippen LogP contribution in [0.1, 0.15) is 5.56 Å². The van der Waals surface area contributed by atoms with E-state index in [0.717, 1.165) is 11.1 Å². The molecule has 3 aromatic rings. The van der Waals surface area contributed by atoms with Crippen LogP contribution in [0, 0.1) is 0 Å². The van der Waals surface area contributed by atoms with E-state index in [9.17, 15) is 9.59 Å². The average Bonchev–Trinajstić information content (AvgIpc) is 3.22. The Bertz CT molecular complexity index is 1020. The number of anilines is 1. The van der Waals surface area contributed by atoms with Gasteiger partial charge < -0.3 is 4.74 Å². The van der Waals surface area contributed by atoms with Gasteiger partial charge in [0.25, 0.3) is 0 Å². The second-order valence-corrected chi connectivity index (χ2v) is 6.58. The van der Waals surface area contributed by atoms with Crippen LogP contribution >= 0.6 is 11.3 Å². The summed E-state index contributed by atoms with van der Waals surface area (Å²) in [7, 11) is 0. The number of nitrogens with zero attached hydrogens (tertiary/aromatic N) is 3. The summed E-state index contributed by atoms with van der Waals surface area (Å²) in [6.45, 7) is 4.00. The molecule has 0 aliphatic rings. The quantitative estimate of drug-likeness (QED) is 0.271. The fraction of sp³-hybridized carbons (Fsp3) is 0.0500. The molecule has 9 heteroatoms. The number of hydrogen-bond donors (Lipinski definition) is 2. The number of carbonyl (C=O) groups excluding carboxylic acids is 2. The van der Waals surface area contributed by atoms with E-state index in [4.69, 9.17) is 4.74 Å². The van der Waals surface area contributed by atoms with Crippen LogP contribution in [0.3, 0.4) is 0 Å². The Morgan fingerprint density at radius 1 is 1.07 bits per heavy atom. The summed E-state index contributed by atoms with van der Waals surface area (Å²) < 4.78 is 5.38. The molecule has 2 amide bonds. The molecule has 0 atom stereocenters. The van der Waals surface area contributed by atoms with Crippen molar-refractivity contribution in [3.8, 4) is 16.3 Å². The third-order valence-corrected chi connectivity index (χ3v) is 4.39. The summed E-state index contributed by atoms with van der Waals surface area (Å²) in [5.41, 5.74) is 3.77. The monoisotopic (exact) mass is 407 g/mol. The predicted octanol–water partition coefficient (Wildman–Crippen LogP) is 2.86. The topological polar surface area (TPSA) is 106 Å². The van der Waals surface area contributed by atoms with Gasteiger partial charge in [0.15, 0.2) is 0 Å². The van der Waals surface area contributed by atoms with Gasteiger partial charge in [0.2, 0.25) is 5.13 Å². The van der Waals surface area contributed by atoms with Crippen LogP contribution in [0.4, 0.5) is 5.13 Å². The molecule has 0 aliphatic heterocycles. The SMILES string of the molecule is C=CCOc1ccc(/C=N/NC(=O)C(=O)Nc2nnc(-c3ccccc3)s2)cc1. The van der Waals surface area contributed by atoms with Crippen molar-refractivity contribution in [1.29, 1.82) is 0 Å². The number of ether oxygens (including phenoxy) is 1. The highest BCUT2D eigenvalue weighted by molar-refractivity contribution is 7.18. The third kappa shape index (κ3) is 5.81. The van der Waals surface area contributed by atoms with Gasteiger partial charge in [0.1, 0.15) is 17.4 Å². The number of hydrogen-bond acceptors (Lipinski definition) is 7. The zero-order valence-corrected chi connectivity index (χ0v) is 16.1. The van der Waals surface area contributed by atoms with Gasteiger partial charge in [-0.15, -0.1) is 10.2 Å². The highest BCUT2D eigenvalue weighted by atomic mass is 32.1. The number of rotatable bonds is 7.